The highest BCUT2D eigenvalue weighted by atomic mass is 16.2. The minimum Gasteiger partial charge on any atom is -0.361 e. The quantitative estimate of drug-likeness (QED) is 0.548. The summed E-state index contributed by atoms with van der Waals surface area (Å²) in [5.41, 5.74) is 4.15. The zero-order chi connectivity index (χ0) is 17.8. The molecule has 0 saturated carbocycles. The average molecular weight is 340 g/mol. The molecule has 128 valence electrons. The van der Waals surface area contributed by atoms with Crippen LogP contribution in [0.5, 0.6) is 0 Å². The van der Waals surface area contributed by atoms with E-state index in [-0.39, 0.29) is 5.91 Å². The molecule has 0 saturated heterocycles. The maximum atomic E-state index is 13.1. The zero-order valence-corrected chi connectivity index (χ0v) is 14.4. The van der Waals surface area contributed by atoms with Crippen molar-refractivity contribution in [1.82, 2.24) is 4.98 Å². The molecule has 1 amide bonds. The molecule has 1 aromatic heterocycles. The number of aromatic amines is 1. The number of para-hydroxylation sites is 1. The molecule has 4 rings (SSSR count). The predicted octanol–water partition coefficient (Wildman–Crippen LogP) is 4.94. The van der Waals surface area contributed by atoms with E-state index in [4.69, 9.17) is 0 Å². The van der Waals surface area contributed by atoms with Crippen LogP contribution in [0, 0.1) is 0 Å². The van der Waals surface area contributed by atoms with Crippen molar-refractivity contribution >= 4 is 22.5 Å². The second-order valence-electron chi connectivity index (χ2n) is 6.38. The second kappa shape index (κ2) is 7.28. The van der Waals surface area contributed by atoms with E-state index in [1.165, 1.54) is 0 Å². The Balaban J connectivity index is 1.60. The minimum absolute atomic E-state index is 0.0925. The Morgan fingerprint density at radius 3 is 2.31 bits per heavy atom. The van der Waals surface area contributed by atoms with E-state index in [2.05, 4.69) is 23.2 Å². The summed E-state index contributed by atoms with van der Waals surface area (Å²) in [6.45, 7) is 0.566. The van der Waals surface area contributed by atoms with Gasteiger partial charge in [-0.25, -0.2) is 0 Å². The maximum absolute atomic E-state index is 13.1. The first-order valence-electron chi connectivity index (χ1n) is 8.75. The molecule has 1 N–H and O–H groups in total. The summed E-state index contributed by atoms with van der Waals surface area (Å²) < 4.78 is 0. The van der Waals surface area contributed by atoms with E-state index >= 15 is 0 Å². The zero-order valence-electron chi connectivity index (χ0n) is 14.4. The van der Waals surface area contributed by atoms with Gasteiger partial charge < -0.3 is 9.88 Å². The molecule has 0 spiro atoms. The first kappa shape index (κ1) is 16.2. The summed E-state index contributed by atoms with van der Waals surface area (Å²) in [5, 5.41) is 1.13. The SMILES string of the molecule is O=C(Cc1ccc2[nH]ccc2c1)N(Cc1ccccc1)c1ccccc1. The smallest absolute Gasteiger partial charge is 0.231 e. The van der Waals surface area contributed by atoms with Gasteiger partial charge in [-0.15, -0.1) is 0 Å². The van der Waals surface area contributed by atoms with Crippen molar-refractivity contribution in [3.8, 4) is 0 Å². The van der Waals surface area contributed by atoms with Crippen molar-refractivity contribution in [2.24, 2.45) is 0 Å². The lowest BCUT2D eigenvalue weighted by atomic mass is 10.1. The fraction of sp³-hybridized carbons (Fsp3) is 0.0870. The van der Waals surface area contributed by atoms with Gasteiger partial charge in [0.25, 0.3) is 0 Å². The second-order valence-corrected chi connectivity index (χ2v) is 6.38. The maximum Gasteiger partial charge on any atom is 0.231 e. The fourth-order valence-electron chi connectivity index (χ4n) is 3.18. The molecule has 0 aliphatic rings. The summed E-state index contributed by atoms with van der Waals surface area (Å²) in [5.74, 6) is 0.0925. The summed E-state index contributed by atoms with van der Waals surface area (Å²) in [4.78, 5) is 18.2. The van der Waals surface area contributed by atoms with Crippen LogP contribution in [0.25, 0.3) is 10.9 Å². The van der Waals surface area contributed by atoms with Crippen LogP contribution in [0.1, 0.15) is 11.1 Å². The highest BCUT2D eigenvalue weighted by Gasteiger charge is 2.17. The first-order valence-corrected chi connectivity index (χ1v) is 8.75. The Morgan fingerprint density at radius 1 is 0.808 bits per heavy atom. The molecular formula is C23H20N2O. The molecule has 0 atom stereocenters. The highest BCUT2D eigenvalue weighted by molar-refractivity contribution is 5.95. The van der Waals surface area contributed by atoms with Gasteiger partial charge in [0.2, 0.25) is 5.91 Å². The molecule has 1 heterocycles. The van der Waals surface area contributed by atoms with E-state index in [9.17, 15) is 4.79 Å². The van der Waals surface area contributed by atoms with Crippen LogP contribution in [-0.4, -0.2) is 10.9 Å². The fourth-order valence-corrected chi connectivity index (χ4v) is 3.18. The Hall–Kier alpha value is -3.33. The van der Waals surface area contributed by atoms with Gasteiger partial charge in [0.1, 0.15) is 0 Å². The van der Waals surface area contributed by atoms with Gasteiger partial charge in [0.15, 0.2) is 0 Å². The standard InChI is InChI=1S/C23H20N2O/c26-23(16-19-11-12-22-20(15-19)13-14-24-22)25(21-9-5-2-6-10-21)17-18-7-3-1-4-8-18/h1-15,24H,16-17H2. The number of fused-ring (bicyclic) bond motifs is 1. The number of amides is 1. The molecular weight excluding hydrogens is 320 g/mol. The van der Waals surface area contributed by atoms with Crippen molar-refractivity contribution in [3.63, 3.8) is 0 Å². The molecule has 0 unspecified atom stereocenters. The van der Waals surface area contributed by atoms with Gasteiger partial charge in [0, 0.05) is 17.4 Å². The number of benzene rings is 3. The minimum atomic E-state index is 0.0925. The Labute approximate surface area is 152 Å². The average Bonchev–Trinajstić information content (AvgIpc) is 3.15. The van der Waals surface area contributed by atoms with Gasteiger partial charge >= 0.3 is 0 Å². The number of carbonyl (C=O) groups excluding carboxylic acids is 1. The number of hydrogen-bond donors (Lipinski definition) is 1. The van der Waals surface area contributed by atoms with Crippen LogP contribution in [0.4, 0.5) is 5.69 Å². The highest BCUT2D eigenvalue weighted by Crippen LogP contribution is 2.20. The molecule has 3 heteroatoms. The van der Waals surface area contributed by atoms with Crippen molar-refractivity contribution in [3.05, 3.63) is 102 Å². The molecule has 3 aromatic carbocycles. The summed E-state index contributed by atoms with van der Waals surface area (Å²) in [7, 11) is 0. The summed E-state index contributed by atoms with van der Waals surface area (Å²) in [6.07, 6.45) is 2.30. The number of carbonyl (C=O) groups is 1. The van der Waals surface area contributed by atoms with E-state index in [1.54, 1.807) is 0 Å². The topological polar surface area (TPSA) is 36.1 Å². The summed E-state index contributed by atoms with van der Waals surface area (Å²) in [6, 6.07) is 28.1. The largest absolute Gasteiger partial charge is 0.361 e. The van der Waals surface area contributed by atoms with Crippen LogP contribution >= 0.6 is 0 Å². The number of hydrogen-bond acceptors (Lipinski definition) is 1. The normalized spacial score (nSPS) is 10.8. The summed E-state index contributed by atoms with van der Waals surface area (Å²) >= 11 is 0. The predicted molar refractivity (Wildman–Crippen MR) is 106 cm³/mol. The Morgan fingerprint density at radius 2 is 1.54 bits per heavy atom. The number of nitrogens with zero attached hydrogens (tertiary/aromatic N) is 1. The number of aromatic nitrogens is 1. The molecule has 0 aliphatic carbocycles. The van der Waals surface area contributed by atoms with Crippen molar-refractivity contribution in [2.75, 3.05) is 4.90 Å². The van der Waals surface area contributed by atoms with Crippen LogP contribution in [0.3, 0.4) is 0 Å². The van der Waals surface area contributed by atoms with Crippen LogP contribution in [0.15, 0.2) is 91.1 Å². The molecule has 26 heavy (non-hydrogen) atoms. The van der Waals surface area contributed by atoms with Gasteiger partial charge in [-0.2, -0.15) is 0 Å². The number of anilines is 1. The van der Waals surface area contributed by atoms with Gasteiger partial charge in [0.05, 0.1) is 13.0 Å². The lowest BCUT2D eigenvalue weighted by Gasteiger charge is -2.23. The Kier molecular flexibility index (Phi) is 4.52. The van der Waals surface area contributed by atoms with Crippen LogP contribution in [0.2, 0.25) is 0 Å². The lowest BCUT2D eigenvalue weighted by Crippen LogP contribution is -2.31. The number of rotatable bonds is 5. The third-order valence-corrected chi connectivity index (χ3v) is 4.53. The van der Waals surface area contributed by atoms with Gasteiger partial charge in [-0.3, -0.25) is 4.79 Å². The van der Waals surface area contributed by atoms with E-state index in [0.29, 0.717) is 13.0 Å². The molecule has 0 bridgehead atoms. The Bertz CT molecular complexity index is 1010. The first-order chi connectivity index (χ1) is 12.8. The van der Waals surface area contributed by atoms with Crippen molar-refractivity contribution in [2.45, 2.75) is 13.0 Å². The third-order valence-electron chi connectivity index (χ3n) is 4.53. The molecule has 4 aromatic rings. The van der Waals surface area contributed by atoms with Crippen LogP contribution in [-0.2, 0) is 17.8 Å². The van der Waals surface area contributed by atoms with Gasteiger partial charge in [-0.05, 0) is 46.8 Å². The van der Waals surface area contributed by atoms with E-state index < -0.39 is 0 Å². The molecule has 0 aliphatic heterocycles. The monoisotopic (exact) mass is 340 g/mol. The third kappa shape index (κ3) is 3.52. The van der Waals surface area contributed by atoms with E-state index in [0.717, 1.165) is 27.7 Å². The molecule has 0 radical (unpaired) electrons. The number of nitrogens with one attached hydrogen (secondary N) is 1. The molecule has 3 nitrogen and oxygen atoms in total. The van der Waals surface area contributed by atoms with E-state index in [1.807, 2.05) is 77.8 Å². The van der Waals surface area contributed by atoms with Crippen molar-refractivity contribution < 1.29 is 4.79 Å². The molecule has 0 fully saturated rings. The van der Waals surface area contributed by atoms with Gasteiger partial charge in [-0.1, -0.05) is 54.6 Å². The lowest BCUT2D eigenvalue weighted by molar-refractivity contribution is -0.118. The number of H-pyrrole nitrogens is 1. The van der Waals surface area contributed by atoms with Crippen LogP contribution < -0.4 is 4.90 Å². The van der Waals surface area contributed by atoms with Crippen molar-refractivity contribution in [1.29, 1.82) is 0 Å².